The van der Waals surface area contributed by atoms with Crippen molar-refractivity contribution in [2.45, 2.75) is 52.9 Å². The fourth-order valence-electron chi connectivity index (χ4n) is 4.32. The van der Waals surface area contributed by atoms with Gasteiger partial charge >= 0.3 is 0 Å². The monoisotopic (exact) mass is 410 g/mol. The zero-order valence-electron chi connectivity index (χ0n) is 19.1. The lowest BCUT2D eigenvalue weighted by molar-refractivity contribution is 0.101. The average molecular weight is 411 g/mol. The van der Waals surface area contributed by atoms with Gasteiger partial charge in [0.2, 0.25) is 0 Å². The first-order valence-electron chi connectivity index (χ1n) is 11.0. The highest BCUT2D eigenvalue weighted by atomic mass is 16.1. The van der Waals surface area contributed by atoms with E-state index in [1.165, 1.54) is 16.7 Å². The van der Waals surface area contributed by atoms with Crippen LogP contribution in [-0.2, 0) is 18.3 Å². The van der Waals surface area contributed by atoms with Crippen LogP contribution >= 0.6 is 0 Å². The molecule has 158 valence electrons. The van der Waals surface area contributed by atoms with Crippen molar-refractivity contribution in [3.8, 4) is 5.69 Å². The van der Waals surface area contributed by atoms with E-state index in [0.717, 1.165) is 35.4 Å². The summed E-state index contributed by atoms with van der Waals surface area (Å²) in [6.45, 7) is 10.5. The average Bonchev–Trinajstić information content (AvgIpc) is 3.12. The number of rotatable bonds is 6. The number of hydrogen-bond acceptors (Lipinski definition) is 2. The number of aryl methyl sites for hydroxylation is 2. The molecule has 0 bridgehead atoms. The maximum absolute atomic E-state index is 11.8. The maximum atomic E-state index is 11.8. The molecule has 0 radical (unpaired) electrons. The molecule has 4 rings (SSSR count). The minimum atomic E-state index is 0.0624. The normalized spacial score (nSPS) is 11.8. The Balaban J connectivity index is 1.66. The first kappa shape index (κ1) is 21.0. The van der Waals surface area contributed by atoms with Crippen LogP contribution in [0, 0.1) is 6.92 Å². The molecule has 3 nitrogen and oxygen atoms in total. The quantitative estimate of drug-likeness (QED) is 0.335. The van der Waals surface area contributed by atoms with E-state index >= 15 is 0 Å². The maximum Gasteiger partial charge on any atom is 0.159 e. The molecular weight excluding hydrogens is 380 g/mol. The molecule has 0 saturated heterocycles. The Hall–Kier alpha value is -3.20. The molecule has 0 spiro atoms. The second-order valence-electron chi connectivity index (χ2n) is 9.07. The summed E-state index contributed by atoms with van der Waals surface area (Å²) in [4.78, 5) is 16.5. The molecule has 0 fully saturated rings. The smallest absolute Gasteiger partial charge is 0.159 e. The van der Waals surface area contributed by atoms with Crippen LogP contribution in [0.5, 0.6) is 0 Å². The Labute approximate surface area is 184 Å². The van der Waals surface area contributed by atoms with Crippen molar-refractivity contribution in [2.24, 2.45) is 0 Å². The summed E-state index contributed by atoms with van der Waals surface area (Å²) in [5.41, 5.74) is 7.76. The molecule has 31 heavy (non-hydrogen) atoms. The highest BCUT2D eigenvalue weighted by molar-refractivity contribution is 5.97. The van der Waals surface area contributed by atoms with Gasteiger partial charge in [-0.05, 0) is 67.1 Å². The van der Waals surface area contributed by atoms with Gasteiger partial charge in [-0.15, -0.1) is 0 Å². The van der Waals surface area contributed by atoms with Crippen LogP contribution in [0.4, 0.5) is 0 Å². The van der Waals surface area contributed by atoms with E-state index in [1.54, 1.807) is 6.92 Å². The van der Waals surface area contributed by atoms with Crippen LogP contribution in [0.2, 0.25) is 0 Å². The largest absolute Gasteiger partial charge is 0.296 e. The molecule has 0 aliphatic rings. The van der Waals surface area contributed by atoms with E-state index in [2.05, 4.69) is 80.8 Å². The van der Waals surface area contributed by atoms with Crippen molar-refractivity contribution in [1.82, 2.24) is 9.55 Å². The number of imidazole rings is 1. The number of Topliss-reactive ketones (excluding diaryl/α,β-unsaturated/α-hetero) is 1. The molecule has 4 aromatic rings. The summed E-state index contributed by atoms with van der Waals surface area (Å²) in [6.07, 6.45) is 1.80. The number of fused-ring (bicyclic) bond motifs is 1. The van der Waals surface area contributed by atoms with Crippen LogP contribution in [0.15, 0.2) is 66.7 Å². The Bertz CT molecular complexity index is 1250. The zero-order chi connectivity index (χ0) is 22.2. The molecule has 1 heterocycles. The summed E-state index contributed by atoms with van der Waals surface area (Å²) in [7, 11) is 0. The van der Waals surface area contributed by atoms with Gasteiger partial charge in [0.05, 0.1) is 11.0 Å². The molecule has 1 aromatic heterocycles. The van der Waals surface area contributed by atoms with Gasteiger partial charge in [0.1, 0.15) is 5.82 Å². The molecule has 3 heteroatoms. The predicted molar refractivity (Wildman–Crippen MR) is 128 cm³/mol. The second kappa shape index (κ2) is 8.14. The van der Waals surface area contributed by atoms with Gasteiger partial charge in [-0.3, -0.25) is 9.36 Å². The minimum absolute atomic E-state index is 0.0624. The van der Waals surface area contributed by atoms with E-state index in [1.807, 2.05) is 18.2 Å². The summed E-state index contributed by atoms with van der Waals surface area (Å²) in [5.74, 6) is 1.07. The van der Waals surface area contributed by atoms with Gasteiger partial charge in [0, 0.05) is 17.7 Å². The Morgan fingerprint density at radius 2 is 1.74 bits per heavy atom. The molecule has 0 saturated carbocycles. The van der Waals surface area contributed by atoms with Crippen LogP contribution in [0.3, 0.4) is 0 Å². The van der Waals surface area contributed by atoms with Crippen molar-refractivity contribution in [1.29, 1.82) is 0 Å². The molecule has 0 unspecified atom stereocenters. The number of benzene rings is 3. The van der Waals surface area contributed by atoms with E-state index < -0.39 is 0 Å². The van der Waals surface area contributed by atoms with Gasteiger partial charge in [-0.1, -0.05) is 62.7 Å². The standard InChI is InChI=1S/C28H30N2O/c1-6-27-29-25-17-22(20(3)31)12-15-26(25)30(27)24-13-10-21(11-14-24)18-28(4,5)23-9-7-8-19(2)16-23/h7-17H,6,18H2,1-5H3. The molecule has 0 aliphatic heterocycles. The lowest BCUT2D eigenvalue weighted by atomic mass is 9.79. The topological polar surface area (TPSA) is 34.9 Å². The van der Waals surface area contributed by atoms with Crippen molar-refractivity contribution < 1.29 is 4.79 Å². The number of aromatic nitrogens is 2. The molecule has 0 amide bonds. The third-order valence-corrected chi connectivity index (χ3v) is 6.09. The van der Waals surface area contributed by atoms with E-state index in [-0.39, 0.29) is 11.2 Å². The lowest BCUT2D eigenvalue weighted by Crippen LogP contribution is -2.20. The summed E-state index contributed by atoms with van der Waals surface area (Å²) >= 11 is 0. The van der Waals surface area contributed by atoms with Crippen LogP contribution in [0.1, 0.15) is 60.6 Å². The fourth-order valence-corrected chi connectivity index (χ4v) is 4.32. The molecular formula is C28H30N2O. The Kier molecular flexibility index (Phi) is 5.53. The third-order valence-electron chi connectivity index (χ3n) is 6.09. The highest BCUT2D eigenvalue weighted by Gasteiger charge is 2.21. The zero-order valence-corrected chi connectivity index (χ0v) is 19.1. The SMILES string of the molecule is CCc1nc2cc(C(C)=O)ccc2n1-c1ccc(CC(C)(C)c2cccc(C)c2)cc1. The minimum Gasteiger partial charge on any atom is -0.296 e. The predicted octanol–water partition coefficient (Wildman–Crippen LogP) is 6.62. The Morgan fingerprint density at radius 3 is 2.39 bits per heavy atom. The summed E-state index contributed by atoms with van der Waals surface area (Å²) < 4.78 is 2.20. The molecule has 3 aromatic carbocycles. The van der Waals surface area contributed by atoms with Crippen molar-refractivity contribution in [3.05, 3.63) is 94.8 Å². The van der Waals surface area contributed by atoms with Gasteiger partial charge < -0.3 is 0 Å². The summed E-state index contributed by atoms with van der Waals surface area (Å²) in [5, 5.41) is 0. The van der Waals surface area contributed by atoms with Gasteiger partial charge in [0.15, 0.2) is 5.78 Å². The fraction of sp³-hybridized carbons (Fsp3) is 0.286. The summed E-state index contributed by atoms with van der Waals surface area (Å²) in [6, 6.07) is 23.4. The number of hydrogen-bond donors (Lipinski definition) is 0. The Morgan fingerprint density at radius 1 is 1.00 bits per heavy atom. The van der Waals surface area contributed by atoms with Crippen LogP contribution in [-0.4, -0.2) is 15.3 Å². The number of carbonyl (C=O) groups excluding carboxylic acids is 1. The molecule has 0 atom stereocenters. The number of ketones is 1. The van der Waals surface area contributed by atoms with Crippen LogP contribution < -0.4 is 0 Å². The van der Waals surface area contributed by atoms with Crippen LogP contribution in [0.25, 0.3) is 16.7 Å². The van der Waals surface area contributed by atoms with E-state index in [0.29, 0.717) is 5.56 Å². The number of carbonyl (C=O) groups is 1. The third kappa shape index (κ3) is 4.18. The van der Waals surface area contributed by atoms with Crippen molar-refractivity contribution >= 4 is 16.8 Å². The first-order chi connectivity index (χ1) is 14.8. The van der Waals surface area contributed by atoms with E-state index in [9.17, 15) is 4.79 Å². The van der Waals surface area contributed by atoms with Crippen molar-refractivity contribution in [3.63, 3.8) is 0 Å². The molecule has 0 N–H and O–H groups in total. The number of nitrogens with zero attached hydrogens (tertiary/aromatic N) is 2. The second-order valence-corrected chi connectivity index (χ2v) is 9.07. The van der Waals surface area contributed by atoms with Gasteiger partial charge in [-0.2, -0.15) is 0 Å². The van der Waals surface area contributed by atoms with E-state index in [4.69, 9.17) is 4.98 Å². The molecule has 0 aliphatic carbocycles. The highest BCUT2D eigenvalue weighted by Crippen LogP contribution is 2.29. The first-order valence-corrected chi connectivity index (χ1v) is 11.0. The van der Waals surface area contributed by atoms with Gasteiger partial charge in [0.25, 0.3) is 0 Å². The van der Waals surface area contributed by atoms with Gasteiger partial charge in [-0.25, -0.2) is 4.98 Å². The lowest BCUT2D eigenvalue weighted by Gasteiger charge is -2.26. The van der Waals surface area contributed by atoms with Crippen molar-refractivity contribution in [2.75, 3.05) is 0 Å².